The fourth-order valence-corrected chi connectivity index (χ4v) is 4.34. The van der Waals surface area contributed by atoms with Crippen LogP contribution in [0.3, 0.4) is 0 Å². The summed E-state index contributed by atoms with van der Waals surface area (Å²) in [6, 6.07) is 9.37. The summed E-state index contributed by atoms with van der Waals surface area (Å²) >= 11 is 6.40. The molecule has 12 heteroatoms. The van der Waals surface area contributed by atoms with E-state index < -0.39 is 41.4 Å². The van der Waals surface area contributed by atoms with E-state index in [-0.39, 0.29) is 45.6 Å². The van der Waals surface area contributed by atoms with Gasteiger partial charge in [0.2, 0.25) is 11.8 Å². The van der Waals surface area contributed by atoms with Crippen molar-refractivity contribution in [3.05, 3.63) is 70.1 Å². The van der Waals surface area contributed by atoms with Crippen molar-refractivity contribution in [2.24, 2.45) is 11.5 Å². The summed E-state index contributed by atoms with van der Waals surface area (Å²) in [6.45, 7) is -3.62. The number of hydrogen-bond acceptors (Lipinski definition) is 7. The zero-order valence-electron chi connectivity index (χ0n) is 18.1. The van der Waals surface area contributed by atoms with E-state index in [2.05, 4.69) is 9.72 Å². The van der Waals surface area contributed by atoms with E-state index >= 15 is 4.39 Å². The first-order valence-corrected chi connectivity index (χ1v) is 10.5. The predicted octanol–water partition coefficient (Wildman–Crippen LogP) is 3.53. The number of aliphatic hydroxyl groups excluding tert-OH is 1. The van der Waals surface area contributed by atoms with Crippen LogP contribution in [-0.4, -0.2) is 36.3 Å². The van der Waals surface area contributed by atoms with Gasteiger partial charge in [-0.3, -0.25) is 4.79 Å². The number of aromatic nitrogens is 1. The van der Waals surface area contributed by atoms with Crippen LogP contribution in [0.1, 0.15) is 27.7 Å². The van der Waals surface area contributed by atoms with Crippen LogP contribution in [0.25, 0.3) is 11.1 Å². The van der Waals surface area contributed by atoms with E-state index in [1.165, 1.54) is 19.2 Å². The second kappa shape index (κ2) is 9.25. The number of benzene rings is 2. The summed E-state index contributed by atoms with van der Waals surface area (Å²) in [5.41, 5.74) is 8.87. The van der Waals surface area contributed by atoms with E-state index in [0.717, 1.165) is 12.1 Å². The van der Waals surface area contributed by atoms with Crippen LogP contribution in [-0.2, 0) is 5.60 Å². The van der Waals surface area contributed by atoms with Gasteiger partial charge in [0.1, 0.15) is 11.9 Å². The first kappa shape index (κ1) is 24.6. The number of nitrogens with two attached hydrogens (primary N) is 2. The molecule has 2 heterocycles. The second-order valence-corrected chi connectivity index (χ2v) is 7.95. The first-order valence-electron chi connectivity index (χ1n) is 10.1. The molecule has 1 aromatic heterocycles. The zero-order valence-corrected chi connectivity index (χ0v) is 18.9. The van der Waals surface area contributed by atoms with Gasteiger partial charge in [-0.1, -0.05) is 17.7 Å². The number of hydrogen-bond donors (Lipinski definition) is 3. The molecule has 2 aromatic carbocycles. The van der Waals surface area contributed by atoms with Crippen molar-refractivity contribution < 1.29 is 37.3 Å². The van der Waals surface area contributed by atoms with E-state index in [9.17, 15) is 18.7 Å². The summed E-state index contributed by atoms with van der Waals surface area (Å²) in [5, 5.41) is 11.4. The molecular formula is C23H19ClF3N3O5. The third kappa shape index (κ3) is 4.01. The quantitative estimate of drug-likeness (QED) is 0.444. The fourth-order valence-electron chi connectivity index (χ4n) is 4.08. The molecule has 1 aliphatic heterocycles. The van der Waals surface area contributed by atoms with Crippen LogP contribution in [0.4, 0.5) is 13.2 Å². The average molecular weight is 510 g/mol. The van der Waals surface area contributed by atoms with Crippen LogP contribution in [0.15, 0.2) is 42.5 Å². The minimum Gasteiger partial charge on any atom is -0.481 e. The average Bonchev–Trinajstić information content (AvgIpc) is 3.13. The van der Waals surface area contributed by atoms with Crippen molar-refractivity contribution in [2.75, 3.05) is 13.7 Å². The van der Waals surface area contributed by atoms with Gasteiger partial charge in [-0.05, 0) is 30.3 Å². The van der Waals surface area contributed by atoms with Crippen LogP contribution in [0.5, 0.6) is 17.4 Å². The Morgan fingerprint density at radius 2 is 2.00 bits per heavy atom. The van der Waals surface area contributed by atoms with Gasteiger partial charge in [-0.2, -0.15) is 8.78 Å². The molecule has 0 aliphatic carbocycles. The Bertz CT molecular complexity index is 1310. The van der Waals surface area contributed by atoms with Crippen molar-refractivity contribution in [2.45, 2.75) is 18.3 Å². The van der Waals surface area contributed by atoms with Gasteiger partial charge in [-0.15, -0.1) is 0 Å². The number of rotatable bonds is 7. The van der Waals surface area contributed by atoms with E-state index in [1.807, 2.05) is 0 Å². The molecule has 5 N–H and O–H groups in total. The second-order valence-electron chi connectivity index (χ2n) is 7.54. The Morgan fingerprint density at radius 1 is 1.26 bits per heavy atom. The molecule has 3 aromatic rings. The lowest BCUT2D eigenvalue weighted by Gasteiger charge is -2.30. The Kier molecular flexibility index (Phi) is 6.50. The number of carbonyl (C=O) groups excluding carboxylic acids is 1. The molecule has 0 unspecified atom stereocenters. The van der Waals surface area contributed by atoms with Gasteiger partial charge in [0.05, 0.1) is 18.4 Å². The van der Waals surface area contributed by atoms with Crippen molar-refractivity contribution >= 4 is 17.5 Å². The van der Waals surface area contributed by atoms with Crippen molar-refractivity contribution in [3.63, 3.8) is 0 Å². The van der Waals surface area contributed by atoms with Crippen molar-refractivity contribution in [3.8, 4) is 28.5 Å². The third-order valence-corrected chi connectivity index (χ3v) is 5.98. The number of amides is 1. The number of ether oxygens (including phenoxy) is 3. The number of pyridine rings is 1. The molecule has 0 saturated carbocycles. The molecule has 0 saturated heterocycles. The van der Waals surface area contributed by atoms with Gasteiger partial charge in [0.25, 0.3) is 0 Å². The topological polar surface area (TPSA) is 130 Å². The Labute approximate surface area is 202 Å². The SMILES string of the molecule is COc1cccc([C@@]2(CN)Oc3ccc(Cl)c(-c4c(C(N)=O)ccc(OC(F)F)c4F)c3[C@@H]2O)n1. The summed E-state index contributed by atoms with van der Waals surface area (Å²) < 4.78 is 56.7. The number of methoxy groups -OCH3 is 1. The minimum absolute atomic E-state index is 0.0387. The molecule has 0 radical (unpaired) electrons. The van der Waals surface area contributed by atoms with Crippen LogP contribution in [0.2, 0.25) is 5.02 Å². The van der Waals surface area contributed by atoms with Crippen molar-refractivity contribution in [1.82, 2.24) is 4.98 Å². The Hall–Kier alpha value is -3.54. The number of fused-ring (bicyclic) bond motifs is 1. The van der Waals surface area contributed by atoms with Gasteiger partial charge in [-0.25, -0.2) is 9.37 Å². The number of carbonyl (C=O) groups is 1. The van der Waals surface area contributed by atoms with Crippen LogP contribution in [0, 0.1) is 5.82 Å². The maximum Gasteiger partial charge on any atom is 0.387 e. The molecule has 8 nitrogen and oxygen atoms in total. The Balaban J connectivity index is 1.98. The first-order chi connectivity index (χ1) is 16.6. The number of alkyl halides is 2. The maximum absolute atomic E-state index is 15.5. The number of primary amides is 1. The number of aliphatic hydroxyl groups is 1. The molecule has 0 fully saturated rings. The smallest absolute Gasteiger partial charge is 0.387 e. The fraction of sp³-hybridized carbons (Fsp3) is 0.217. The minimum atomic E-state index is -3.34. The highest BCUT2D eigenvalue weighted by Crippen LogP contribution is 2.54. The standard InChI is InChI=1S/C23H19ClF3N3O5/c1-33-15-4-2-3-14(30-15)23(9-28)20(31)18-12(35-23)8-6-11(24)17(18)16-10(21(29)32)5-7-13(19(16)25)34-22(26)27/h2-8,20,22,31H,9,28H2,1H3,(H2,29,32)/t20-,23+/m0/s1. The summed E-state index contributed by atoms with van der Waals surface area (Å²) in [4.78, 5) is 16.4. The van der Waals surface area contributed by atoms with E-state index in [4.69, 9.17) is 32.5 Å². The van der Waals surface area contributed by atoms with Gasteiger partial charge < -0.3 is 30.8 Å². The monoisotopic (exact) mass is 509 g/mol. The molecule has 1 amide bonds. The highest BCUT2D eigenvalue weighted by atomic mass is 35.5. The lowest BCUT2D eigenvalue weighted by atomic mass is 9.85. The highest BCUT2D eigenvalue weighted by molar-refractivity contribution is 6.34. The highest BCUT2D eigenvalue weighted by Gasteiger charge is 2.51. The molecule has 35 heavy (non-hydrogen) atoms. The third-order valence-electron chi connectivity index (χ3n) is 5.67. The maximum atomic E-state index is 15.5. The van der Waals surface area contributed by atoms with Gasteiger partial charge >= 0.3 is 6.61 Å². The van der Waals surface area contributed by atoms with Crippen molar-refractivity contribution in [1.29, 1.82) is 0 Å². The Morgan fingerprint density at radius 3 is 2.63 bits per heavy atom. The molecule has 4 rings (SSSR count). The lowest BCUT2D eigenvalue weighted by molar-refractivity contribution is -0.0521. The van der Waals surface area contributed by atoms with Gasteiger partial charge in [0, 0.05) is 34.3 Å². The van der Waals surface area contributed by atoms with Gasteiger partial charge in [0.15, 0.2) is 17.2 Å². The normalized spacial score (nSPS) is 18.8. The summed E-state index contributed by atoms with van der Waals surface area (Å²) in [5.74, 6) is -2.96. The summed E-state index contributed by atoms with van der Waals surface area (Å²) in [6.07, 6.45) is -1.57. The van der Waals surface area contributed by atoms with Crippen LogP contribution < -0.4 is 25.7 Å². The molecule has 1 aliphatic rings. The van der Waals surface area contributed by atoms with E-state index in [1.54, 1.807) is 18.2 Å². The molecule has 0 bridgehead atoms. The molecule has 184 valence electrons. The summed E-state index contributed by atoms with van der Waals surface area (Å²) in [7, 11) is 1.41. The zero-order chi connectivity index (χ0) is 25.5. The lowest BCUT2D eigenvalue weighted by Crippen LogP contribution is -2.43. The number of halogens is 4. The predicted molar refractivity (Wildman–Crippen MR) is 119 cm³/mol. The molecule has 2 atom stereocenters. The largest absolute Gasteiger partial charge is 0.481 e. The molecule has 0 spiro atoms. The molecular weight excluding hydrogens is 491 g/mol. The van der Waals surface area contributed by atoms with Crippen LogP contribution >= 0.6 is 11.6 Å². The van der Waals surface area contributed by atoms with E-state index in [0.29, 0.717) is 0 Å². The number of nitrogens with zero attached hydrogens (tertiary/aromatic N) is 1.